The standard InChI is InChI=1S/CH2N2OS/c2-5-3-1-4/h2H2. The van der Waals surface area contributed by atoms with Crippen molar-refractivity contribution in [2.24, 2.45) is 9.54 Å². The minimum absolute atomic E-state index is 0.603. The maximum absolute atomic E-state index is 9.01. The summed E-state index contributed by atoms with van der Waals surface area (Å²) < 4.78 is 2.86. The van der Waals surface area contributed by atoms with Crippen LogP contribution >= 0.6 is 12.1 Å². The first-order chi connectivity index (χ1) is 2.41. The van der Waals surface area contributed by atoms with E-state index in [0.29, 0.717) is 12.1 Å². The summed E-state index contributed by atoms with van der Waals surface area (Å²) in [5, 5.41) is 4.63. The van der Waals surface area contributed by atoms with E-state index in [-0.39, 0.29) is 0 Å². The number of hydrogen-bond donors (Lipinski definition) is 1. The summed E-state index contributed by atoms with van der Waals surface area (Å²) in [6.45, 7) is 0. The van der Waals surface area contributed by atoms with E-state index in [1.165, 1.54) is 6.08 Å². The molecule has 0 rings (SSSR count). The van der Waals surface area contributed by atoms with E-state index in [0.717, 1.165) is 0 Å². The summed E-state index contributed by atoms with van der Waals surface area (Å²) in [7, 11) is 0. The zero-order valence-corrected chi connectivity index (χ0v) is 3.16. The lowest BCUT2D eigenvalue weighted by Crippen LogP contribution is -1.66. The second-order valence-electron chi connectivity index (χ2n) is 0.288. The molecule has 0 atom stereocenters. The Bertz CT molecular complexity index is 56.7. The van der Waals surface area contributed by atoms with Crippen LogP contribution in [0.15, 0.2) is 4.40 Å². The van der Waals surface area contributed by atoms with Crippen molar-refractivity contribution in [2.45, 2.75) is 0 Å². The topological polar surface area (TPSA) is 55.4 Å². The van der Waals surface area contributed by atoms with Gasteiger partial charge >= 0.3 is 0 Å². The predicted molar refractivity (Wildman–Crippen MR) is 19.9 cm³/mol. The van der Waals surface area contributed by atoms with Crippen LogP contribution < -0.4 is 5.14 Å². The van der Waals surface area contributed by atoms with Crippen molar-refractivity contribution in [1.82, 2.24) is 0 Å². The normalized spacial score (nSPS) is 5.80. The number of hydrogen-bond acceptors (Lipinski definition) is 4. The number of rotatable bonds is 1. The Labute approximate surface area is 33.5 Å². The molecular formula is CH2N2OS. The van der Waals surface area contributed by atoms with Crippen molar-refractivity contribution in [3.63, 3.8) is 0 Å². The highest BCUT2D eigenvalue weighted by atomic mass is 32.2. The molecule has 0 aliphatic rings. The van der Waals surface area contributed by atoms with Crippen molar-refractivity contribution in [3.8, 4) is 0 Å². The number of nitrogens with two attached hydrogens (primary N) is 1. The molecule has 28 valence electrons. The molecule has 0 aromatic heterocycles. The van der Waals surface area contributed by atoms with Crippen LogP contribution in [0, 0.1) is 0 Å². The third-order valence-corrected chi connectivity index (χ3v) is 0.270. The molecule has 0 radical (unpaired) electrons. The average molecular weight is 90.1 g/mol. The van der Waals surface area contributed by atoms with E-state index in [2.05, 4.69) is 9.54 Å². The molecule has 0 spiro atoms. The summed E-state index contributed by atoms with van der Waals surface area (Å²) in [4.78, 5) is 9.01. The Morgan fingerprint density at radius 1 is 2.00 bits per heavy atom. The van der Waals surface area contributed by atoms with Gasteiger partial charge in [0, 0.05) is 0 Å². The molecular weight excluding hydrogens is 88.1 g/mol. The first kappa shape index (κ1) is 4.69. The minimum atomic E-state index is 0.603. The largest absolute Gasteiger partial charge is 0.257 e. The average Bonchev–Trinajstić information content (AvgIpc) is 1.41. The molecule has 2 N–H and O–H groups in total. The zero-order valence-electron chi connectivity index (χ0n) is 2.34. The van der Waals surface area contributed by atoms with Gasteiger partial charge in [-0.3, -0.25) is 5.14 Å². The maximum atomic E-state index is 9.01. The second kappa shape index (κ2) is 3.69. The first-order valence-corrected chi connectivity index (χ1v) is 1.68. The number of nitrogens with zero attached hydrogens (tertiary/aromatic N) is 1. The molecule has 0 heterocycles. The van der Waals surface area contributed by atoms with Crippen molar-refractivity contribution in [2.75, 3.05) is 0 Å². The first-order valence-electron chi connectivity index (χ1n) is 0.846. The highest BCUT2D eigenvalue weighted by Crippen LogP contribution is 1.77. The fourth-order valence-electron chi connectivity index (χ4n) is 0.0215. The molecule has 4 heteroatoms. The Balaban J connectivity index is 2.93. The van der Waals surface area contributed by atoms with Crippen LogP contribution in [0.5, 0.6) is 0 Å². The molecule has 0 saturated heterocycles. The van der Waals surface area contributed by atoms with Gasteiger partial charge in [0.15, 0.2) is 0 Å². The van der Waals surface area contributed by atoms with E-state index in [4.69, 9.17) is 4.79 Å². The van der Waals surface area contributed by atoms with Crippen LogP contribution in [-0.2, 0) is 4.79 Å². The molecule has 0 aromatic rings. The molecule has 0 bridgehead atoms. The summed E-state index contributed by atoms with van der Waals surface area (Å²) in [5.41, 5.74) is 0. The molecule has 0 unspecified atom stereocenters. The predicted octanol–water partition coefficient (Wildman–Crippen LogP) is -0.156. The van der Waals surface area contributed by atoms with Gasteiger partial charge in [-0.25, -0.2) is 4.79 Å². The molecule has 0 aliphatic carbocycles. The molecule has 0 amide bonds. The summed E-state index contributed by atoms with van der Waals surface area (Å²) >= 11 is 0.603. The Morgan fingerprint density at radius 3 is 2.60 bits per heavy atom. The van der Waals surface area contributed by atoms with Crippen molar-refractivity contribution >= 4 is 18.2 Å². The smallest absolute Gasteiger partial charge is 0.248 e. The van der Waals surface area contributed by atoms with Gasteiger partial charge in [-0.2, -0.15) is 0 Å². The van der Waals surface area contributed by atoms with Crippen LogP contribution in [-0.4, -0.2) is 6.08 Å². The lowest BCUT2D eigenvalue weighted by atomic mass is 11.7. The highest BCUT2D eigenvalue weighted by Gasteiger charge is 1.52. The van der Waals surface area contributed by atoms with E-state index in [9.17, 15) is 0 Å². The number of carbonyl (C=O) groups excluding carboxylic acids is 1. The molecule has 3 nitrogen and oxygen atoms in total. The summed E-state index contributed by atoms with van der Waals surface area (Å²) in [6.07, 6.45) is 1.23. The zero-order chi connectivity index (χ0) is 4.12. The SMILES string of the molecule is NSN=C=O. The lowest BCUT2D eigenvalue weighted by molar-refractivity contribution is 0.566. The Morgan fingerprint density at radius 2 is 2.60 bits per heavy atom. The van der Waals surface area contributed by atoms with Crippen LogP contribution in [0.25, 0.3) is 0 Å². The molecule has 0 aliphatic heterocycles. The van der Waals surface area contributed by atoms with Gasteiger partial charge in [0.2, 0.25) is 6.08 Å². The van der Waals surface area contributed by atoms with E-state index in [1.54, 1.807) is 0 Å². The van der Waals surface area contributed by atoms with Crippen LogP contribution in [0.2, 0.25) is 0 Å². The fourth-order valence-corrected chi connectivity index (χ4v) is 0.0645. The van der Waals surface area contributed by atoms with Gasteiger partial charge in [0.1, 0.15) is 0 Å². The van der Waals surface area contributed by atoms with Gasteiger partial charge in [-0.15, -0.1) is 4.40 Å². The van der Waals surface area contributed by atoms with Crippen molar-refractivity contribution < 1.29 is 4.79 Å². The van der Waals surface area contributed by atoms with Gasteiger partial charge < -0.3 is 0 Å². The molecule has 5 heavy (non-hydrogen) atoms. The maximum Gasteiger partial charge on any atom is 0.248 e. The van der Waals surface area contributed by atoms with Gasteiger partial charge in [-0.1, -0.05) is 0 Å². The van der Waals surface area contributed by atoms with Crippen LogP contribution in [0.1, 0.15) is 0 Å². The molecule has 0 saturated carbocycles. The third kappa shape index (κ3) is 3.69. The molecule has 0 aromatic carbocycles. The number of isocyanates is 1. The summed E-state index contributed by atoms with van der Waals surface area (Å²) in [6, 6.07) is 0. The van der Waals surface area contributed by atoms with Gasteiger partial charge in [-0.05, 0) is 0 Å². The van der Waals surface area contributed by atoms with E-state index in [1.807, 2.05) is 0 Å². The highest BCUT2D eigenvalue weighted by molar-refractivity contribution is 7.95. The Hall–Kier alpha value is -0.310. The van der Waals surface area contributed by atoms with Gasteiger partial charge in [0.25, 0.3) is 0 Å². The lowest BCUT2D eigenvalue weighted by Gasteiger charge is -1.58. The summed E-state index contributed by atoms with van der Waals surface area (Å²) in [5.74, 6) is 0. The van der Waals surface area contributed by atoms with E-state index >= 15 is 0 Å². The quantitative estimate of drug-likeness (QED) is 0.276. The second-order valence-corrected chi connectivity index (χ2v) is 0.681. The van der Waals surface area contributed by atoms with Crippen molar-refractivity contribution in [3.05, 3.63) is 0 Å². The molecule has 0 fully saturated rings. The van der Waals surface area contributed by atoms with Crippen LogP contribution in [0.3, 0.4) is 0 Å². The van der Waals surface area contributed by atoms with Crippen LogP contribution in [0.4, 0.5) is 0 Å². The van der Waals surface area contributed by atoms with Gasteiger partial charge in [0.05, 0.1) is 12.1 Å². The fraction of sp³-hybridized carbons (Fsp3) is 0. The third-order valence-electron chi connectivity index (χ3n) is 0.0900. The van der Waals surface area contributed by atoms with Crippen molar-refractivity contribution in [1.29, 1.82) is 0 Å². The minimum Gasteiger partial charge on any atom is -0.257 e. The Kier molecular flexibility index (Phi) is 3.46. The monoisotopic (exact) mass is 90.0 g/mol. The van der Waals surface area contributed by atoms with E-state index < -0.39 is 0 Å².